The van der Waals surface area contributed by atoms with Gasteiger partial charge in [-0.2, -0.15) is 0 Å². The fraction of sp³-hybridized carbons (Fsp3) is 0.500. The topological polar surface area (TPSA) is 83.7 Å². The maximum atomic E-state index is 11.3. The molecule has 0 radical (unpaired) electrons. The molecule has 1 aromatic rings. The Kier molecular flexibility index (Phi) is 5.64. The molecule has 0 amide bonds. The van der Waals surface area contributed by atoms with Crippen molar-refractivity contribution in [2.45, 2.75) is 26.8 Å². The minimum absolute atomic E-state index is 0.214. The van der Waals surface area contributed by atoms with Crippen LogP contribution in [-0.2, 0) is 6.54 Å². The molecule has 110 valence electrons. The molecule has 6 nitrogen and oxygen atoms in total. The normalized spacial score (nSPS) is 11.1. The minimum atomic E-state index is -1.26. The number of benzene rings is 1. The summed E-state index contributed by atoms with van der Waals surface area (Å²) in [5.74, 6) is -0.703. The fourth-order valence-corrected chi connectivity index (χ4v) is 1.97. The summed E-state index contributed by atoms with van der Waals surface area (Å²) in [7, 11) is 1.88. The van der Waals surface area contributed by atoms with E-state index in [2.05, 4.69) is 13.8 Å². The molecule has 1 N–H and O–H groups in total. The second kappa shape index (κ2) is 7.00. The number of nitro groups is 1. The Morgan fingerprint density at radius 3 is 2.60 bits per heavy atom. The summed E-state index contributed by atoms with van der Waals surface area (Å²) in [4.78, 5) is 23.5. The van der Waals surface area contributed by atoms with Crippen LogP contribution in [0, 0.1) is 16.0 Å². The Balaban J connectivity index is 2.97. The number of carboxylic acids is 1. The van der Waals surface area contributed by atoms with Gasteiger partial charge >= 0.3 is 5.97 Å². The lowest BCUT2D eigenvalue weighted by molar-refractivity contribution is -0.385. The number of hydrogen-bond acceptors (Lipinski definition) is 4. The lowest BCUT2D eigenvalue weighted by Crippen LogP contribution is -2.22. The van der Waals surface area contributed by atoms with Gasteiger partial charge in [0.15, 0.2) is 0 Å². The highest BCUT2D eigenvalue weighted by atomic mass is 16.6. The van der Waals surface area contributed by atoms with Crippen molar-refractivity contribution in [1.29, 1.82) is 0 Å². The van der Waals surface area contributed by atoms with Crippen LogP contribution in [0.2, 0.25) is 0 Å². The molecule has 0 unspecified atom stereocenters. The van der Waals surface area contributed by atoms with E-state index < -0.39 is 10.9 Å². The van der Waals surface area contributed by atoms with Crippen LogP contribution in [0.15, 0.2) is 18.2 Å². The van der Waals surface area contributed by atoms with Crippen molar-refractivity contribution >= 4 is 11.7 Å². The van der Waals surface area contributed by atoms with Gasteiger partial charge in [0.05, 0.1) is 4.92 Å². The highest BCUT2D eigenvalue weighted by Crippen LogP contribution is 2.23. The Hall–Kier alpha value is -1.95. The zero-order valence-corrected chi connectivity index (χ0v) is 12.0. The molecule has 20 heavy (non-hydrogen) atoms. The molecule has 6 heteroatoms. The van der Waals surface area contributed by atoms with Gasteiger partial charge in [-0.05, 0) is 31.5 Å². The van der Waals surface area contributed by atoms with Gasteiger partial charge in [-0.15, -0.1) is 0 Å². The quantitative estimate of drug-likeness (QED) is 0.613. The van der Waals surface area contributed by atoms with Gasteiger partial charge in [-0.1, -0.05) is 26.0 Å². The molecule has 1 rings (SSSR count). The smallest absolute Gasteiger partial charge is 0.343 e. The van der Waals surface area contributed by atoms with E-state index in [1.165, 1.54) is 12.1 Å². The van der Waals surface area contributed by atoms with Crippen LogP contribution in [0.25, 0.3) is 0 Å². The summed E-state index contributed by atoms with van der Waals surface area (Å²) in [6.07, 6.45) is 0.994. The van der Waals surface area contributed by atoms with E-state index in [1.807, 2.05) is 11.9 Å². The van der Waals surface area contributed by atoms with Crippen molar-refractivity contribution in [1.82, 2.24) is 4.90 Å². The van der Waals surface area contributed by atoms with Crippen LogP contribution in [0.5, 0.6) is 0 Å². The lowest BCUT2D eigenvalue weighted by Gasteiger charge is -2.18. The van der Waals surface area contributed by atoms with Crippen molar-refractivity contribution in [3.05, 3.63) is 39.4 Å². The third-order valence-corrected chi connectivity index (χ3v) is 3.07. The molecular weight excluding hydrogens is 260 g/mol. The van der Waals surface area contributed by atoms with Crippen LogP contribution < -0.4 is 0 Å². The molecule has 0 aliphatic rings. The lowest BCUT2D eigenvalue weighted by atomic mass is 10.0. The van der Waals surface area contributed by atoms with E-state index in [1.54, 1.807) is 6.07 Å². The predicted molar refractivity (Wildman–Crippen MR) is 75.8 cm³/mol. The van der Waals surface area contributed by atoms with Crippen LogP contribution in [-0.4, -0.2) is 34.5 Å². The maximum absolute atomic E-state index is 11.3. The summed E-state index contributed by atoms with van der Waals surface area (Å²) in [6.45, 7) is 5.43. The second-order valence-electron chi connectivity index (χ2n) is 5.29. The van der Waals surface area contributed by atoms with Crippen molar-refractivity contribution in [2.75, 3.05) is 13.6 Å². The molecule has 0 spiro atoms. The number of hydrogen-bond donors (Lipinski definition) is 1. The number of carboxylic acid groups (broad SMARTS) is 1. The highest BCUT2D eigenvalue weighted by molar-refractivity contribution is 5.94. The van der Waals surface area contributed by atoms with Crippen molar-refractivity contribution in [2.24, 2.45) is 5.92 Å². The van der Waals surface area contributed by atoms with E-state index in [0.717, 1.165) is 13.0 Å². The molecule has 0 aliphatic carbocycles. The monoisotopic (exact) mass is 280 g/mol. The van der Waals surface area contributed by atoms with Gasteiger partial charge < -0.3 is 10.0 Å². The van der Waals surface area contributed by atoms with Crippen LogP contribution in [0.1, 0.15) is 36.2 Å². The van der Waals surface area contributed by atoms with E-state index >= 15 is 0 Å². The SMILES string of the molecule is CC(C)CCN(C)Cc1cccc([N+](=O)[O-])c1C(=O)O. The molecule has 0 saturated carbocycles. The first-order chi connectivity index (χ1) is 9.32. The Morgan fingerprint density at radius 2 is 2.10 bits per heavy atom. The van der Waals surface area contributed by atoms with E-state index in [0.29, 0.717) is 18.0 Å². The first-order valence-corrected chi connectivity index (χ1v) is 6.51. The van der Waals surface area contributed by atoms with Gasteiger partial charge in [0.25, 0.3) is 5.69 Å². The number of nitro benzene ring substituents is 1. The molecular formula is C14H20N2O4. The number of carbonyl (C=O) groups is 1. The van der Waals surface area contributed by atoms with Crippen LogP contribution in [0.4, 0.5) is 5.69 Å². The summed E-state index contributed by atoms with van der Waals surface area (Å²) in [5, 5.41) is 20.1. The van der Waals surface area contributed by atoms with Gasteiger partial charge in [0, 0.05) is 12.6 Å². The zero-order valence-electron chi connectivity index (χ0n) is 12.0. The highest BCUT2D eigenvalue weighted by Gasteiger charge is 2.23. The number of aromatic carboxylic acids is 1. The third-order valence-electron chi connectivity index (χ3n) is 3.07. The summed E-state index contributed by atoms with van der Waals surface area (Å²) in [6, 6.07) is 4.37. The average molecular weight is 280 g/mol. The van der Waals surface area contributed by atoms with Gasteiger partial charge in [0.1, 0.15) is 5.56 Å². The third kappa shape index (κ3) is 4.31. The molecule has 0 heterocycles. The van der Waals surface area contributed by atoms with Crippen LogP contribution >= 0.6 is 0 Å². The predicted octanol–water partition coefficient (Wildman–Crippen LogP) is 2.77. The van der Waals surface area contributed by atoms with Gasteiger partial charge in [-0.25, -0.2) is 4.79 Å². The first-order valence-electron chi connectivity index (χ1n) is 6.51. The maximum Gasteiger partial charge on any atom is 0.343 e. The van der Waals surface area contributed by atoms with Crippen molar-refractivity contribution < 1.29 is 14.8 Å². The standard InChI is InChI=1S/C14H20N2O4/c1-10(2)7-8-15(3)9-11-5-4-6-12(16(19)20)13(11)14(17)18/h4-6,10H,7-9H2,1-3H3,(H,17,18). The molecule has 0 aliphatic heterocycles. The van der Waals surface area contributed by atoms with Gasteiger partial charge in [0.2, 0.25) is 0 Å². The molecule has 0 saturated heterocycles. The Bertz CT molecular complexity index is 500. The zero-order chi connectivity index (χ0) is 15.3. The first kappa shape index (κ1) is 16.1. The second-order valence-corrected chi connectivity index (χ2v) is 5.29. The molecule has 0 aromatic heterocycles. The molecule has 1 aromatic carbocycles. The largest absolute Gasteiger partial charge is 0.477 e. The number of nitrogens with zero attached hydrogens (tertiary/aromatic N) is 2. The molecule has 0 atom stereocenters. The minimum Gasteiger partial charge on any atom is -0.477 e. The average Bonchev–Trinajstić information content (AvgIpc) is 2.35. The Morgan fingerprint density at radius 1 is 1.45 bits per heavy atom. The van der Waals surface area contributed by atoms with E-state index in [-0.39, 0.29) is 11.3 Å². The fourth-order valence-electron chi connectivity index (χ4n) is 1.97. The Labute approximate surface area is 118 Å². The molecule has 0 fully saturated rings. The van der Waals surface area contributed by atoms with Crippen molar-refractivity contribution in [3.63, 3.8) is 0 Å². The van der Waals surface area contributed by atoms with Gasteiger partial charge in [-0.3, -0.25) is 10.1 Å². The summed E-state index contributed by atoms with van der Waals surface area (Å²) >= 11 is 0. The number of rotatable bonds is 7. The van der Waals surface area contributed by atoms with Crippen molar-refractivity contribution in [3.8, 4) is 0 Å². The van der Waals surface area contributed by atoms with E-state index in [9.17, 15) is 20.0 Å². The van der Waals surface area contributed by atoms with E-state index in [4.69, 9.17) is 0 Å². The molecule has 0 bridgehead atoms. The summed E-state index contributed by atoms with van der Waals surface area (Å²) < 4.78 is 0. The van der Waals surface area contributed by atoms with Crippen LogP contribution in [0.3, 0.4) is 0 Å². The summed E-state index contributed by atoms with van der Waals surface area (Å²) in [5.41, 5.74) is -0.0980.